The Morgan fingerprint density at radius 1 is 1.26 bits per heavy atom. The average molecular weight is 369 g/mol. The first-order valence-corrected chi connectivity index (χ1v) is 9.83. The largest absolute Gasteiger partial charge is 0.468 e. The molecule has 2 aliphatic rings. The number of nitrogens with one attached hydrogen (secondary N) is 1. The standard InChI is InChI=1S/C21H27N3O3/c25-17-12-16(13-17)20(19-5-1-2-8-22-19)23-21(26)15-6-9-24(10-7-15)14-18-4-3-11-27-18/h1-5,8,11,15-17,20,25H,6-7,9-10,12-14H2,(H,23,26)/t16?,17?,20-/m1/s1. The van der Waals surface area contributed by atoms with E-state index in [0.29, 0.717) is 0 Å². The van der Waals surface area contributed by atoms with Gasteiger partial charge in [0.15, 0.2) is 0 Å². The van der Waals surface area contributed by atoms with Gasteiger partial charge in [-0.15, -0.1) is 0 Å². The van der Waals surface area contributed by atoms with E-state index in [0.717, 1.165) is 56.8 Å². The highest BCUT2D eigenvalue weighted by Gasteiger charge is 2.37. The third-order valence-electron chi connectivity index (χ3n) is 5.84. The van der Waals surface area contributed by atoms with Crippen molar-refractivity contribution >= 4 is 5.91 Å². The number of amides is 1. The van der Waals surface area contributed by atoms with Crippen LogP contribution in [0.1, 0.15) is 43.2 Å². The molecule has 0 aromatic carbocycles. The third kappa shape index (κ3) is 4.39. The Hall–Kier alpha value is -2.18. The molecule has 0 unspecified atom stereocenters. The first-order valence-electron chi connectivity index (χ1n) is 9.83. The third-order valence-corrected chi connectivity index (χ3v) is 5.84. The van der Waals surface area contributed by atoms with E-state index >= 15 is 0 Å². The minimum absolute atomic E-state index is 0.0362. The number of piperidine rings is 1. The van der Waals surface area contributed by atoms with E-state index in [1.54, 1.807) is 12.5 Å². The maximum Gasteiger partial charge on any atom is 0.223 e. The number of nitrogens with zero attached hydrogens (tertiary/aromatic N) is 2. The van der Waals surface area contributed by atoms with Crippen molar-refractivity contribution in [2.24, 2.45) is 11.8 Å². The van der Waals surface area contributed by atoms with Crippen molar-refractivity contribution in [3.8, 4) is 0 Å². The van der Waals surface area contributed by atoms with E-state index in [1.165, 1.54) is 0 Å². The molecule has 6 heteroatoms. The number of aromatic nitrogens is 1. The highest BCUT2D eigenvalue weighted by molar-refractivity contribution is 5.79. The van der Waals surface area contributed by atoms with Crippen molar-refractivity contribution in [1.82, 2.24) is 15.2 Å². The van der Waals surface area contributed by atoms with Gasteiger partial charge in [0.25, 0.3) is 0 Å². The van der Waals surface area contributed by atoms with Crippen molar-refractivity contribution in [3.63, 3.8) is 0 Å². The maximum absolute atomic E-state index is 12.9. The van der Waals surface area contributed by atoms with Crippen LogP contribution < -0.4 is 5.32 Å². The molecule has 1 aliphatic carbocycles. The number of pyridine rings is 1. The van der Waals surface area contributed by atoms with E-state index < -0.39 is 0 Å². The lowest BCUT2D eigenvalue weighted by atomic mass is 9.76. The van der Waals surface area contributed by atoms with Crippen LogP contribution in [-0.4, -0.2) is 40.1 Å². The number of hydrogen-bond acceptors (Lipinski definition) is 5. The topological polar surface area (TPSA) is 78.6 Å². The lowest BCUT2D eigenvalue weighted by Gasteiger charge is -2.39. The fourth-order valence-corrected chi connectivity index (χ4v) is 4.14. The molecule has 2 fully saturated rings. The number of carbonyl (C=O) groups is 1. The number of aliphatic hydroxyl groups excluding tert-OH is 1. The monoisotopic (exact) mass is 369 g/mol. The molecule has 2 N–H and O–H groups in total. The zero-order valence-corrected chi connectivity index (χ0v) is 15.5. The Morgan fingerprint density at radius 2 is 2.07 bits per heavy atom. The summed E-state index contributed by atoms with van der Waals surface area (Å²) in [5.74, 6) is 1.38. The summed E-state index contributed by atoms with van der Waals surface area (Å²) in [4.78, 5) is 19.7. The molecule has 1 amide bonds. The Morgan fingerprint density at radius 3 is 2.70 bits per heavy atom. The van der Waals surface area contributed by atoms with Gasteiger partial charge >= 0.3 is 0 Å². The zero-order chi connectivity index (χ0) is 18.6. The summed E-state index contributed by atoms with van der Waals surface area (Å²) in [5, 5.41) is 12.9. The fraction of sp³-hybridized carbons (Fsp3) is 0.524. The number of aliphatic hydroxyl groups is 1. The second kappa shape index (κ2) is 8.23. The molecule has 1 atom stereocenters. The lowest BCUT2D eigenvalue weighted by molar-refractivity contribution is -0.128. The Bertz CT molecular complexity index is 720. The minimum atomic E-state index is -0.247. The van der Waals surface area contributed by atoms with Crippen LogP contribution in [0.2, 0.25) is 0 Å². The van der Waals surface area contributed by atoms with Crippen molar-refractivity contribution in [1.29, 1.82) is 0 Å². The molecular formula is C21H27N3O3. The number of hydrogen-bond donors (Lipinski definition) is 2. The van der Waals surface area contributed by atoms with Gasteiger partial charge in [-0.05, 0) is 69.0 Å². The van der Waals surface area contributed by atoms with Crippen LogP contribution in [0.5, 0.6) is 0 Å². The van der Waals surface area contributed by atoms with Gasteiger partial charge in [0.05, 0.1) is 30.6 Å². The molecular weight excluding hydrogens is 342 g/mol. The molecule has 27 heavy (non-hydrogen) atoms. The molecule has 1 saturated carbocycles. The molecule has 4 rings (SSSR count). The van der Waals surface area contributed by atoms with Crippen LogP contribution in [0.15, 0.2) is 47.2 Å². The summed E-state index contributed by atoms with van der Waals surface area (Å²) in [6.07, 6.45) is 6.37. The first-order chi connectivity index (χ1) is 13.2. The highest BCUT2D eigenvalue weighted by Crippen LogP contribution is 2.37. The van der Waals surface area contributed by atoms with Crippen molar-refractivity contribution in [3.05, 3.63) is 54.2 Å². The van der Waals surface area contributed by atoms with E-state index in [4.69, 9.17) is 4.42 Å². The lowest BCUT2D eigenvalue weighted by Crippen LogP contribution is -2.45. The first kappa shape index (κ1) is 18.2. The van der Waals surface area contributed by atoms with Crippen LogP contribution in [0.3, 0.4) is 0 Å². The van der Waals surface area contributed by atoms with Crippen LogP contribution in [0, 0.1) is 11.8 Å². The SMILES string of the molecule is O=C(N[C@@H](c1ccccn1)C1CC(O)C1)C1CCN(Cc2ccco2)CC1. The van der Waals surface area contributed by atoms with Gasteiger partial charge in [-0.3, -0.25) is 14.7 Å². The van der Waals surface area contributed by atoms with Crippen LogP contribution in [0.25, 0.3) is 0 Å². The molecule has 1 saturated heterocycles. The van der Waals surface area contributed by atoms with Crippen LogP contribution in [-0.2, 0) is 11.3 Å². The molecule has 6 nitrogen and oxygen atoms in total. The Balaban J connectivity index is 1.33. The Kier molecular flexibility index (Phi) is 5.55. The van der Waals surface area contributed by atoms with Gasteiger partial charge < -0.3 is 14.8 Å². The van der Waals surface area contributed by atoms with Gasteiger partial charge in [0.2, 0.25) is 5.91 Å². The number of carbonyl (C=O) groups excluding carboxylic acids is 1. The summed E-state index contributed by atoms with van der Waals surface area (Å²) >= 11 is 0. The van der Waals surface area contributed by atoms with Crippen LogP contribution in [0.4, 0.5) is 0 Å². The maximum atomic E-state index is 12.9. The second-order valence-corrected chi connectivity index (χ2v) is 7.76. The molecule has 0 bridgehead atoms. The van der Waals surface area contributed by atoms with Crippen molar-refractivity contribution < 1.29 is 14.3 Å². The van der Waals surface area contributed by atoms with Crippen molar-refractivity contribution in [2.45, 2.75) is 44.4 Å². The summed E-state index contributed by atoms with van der Waals surface area (Å²) in [5.41, 5.74) is 0.887. The molecule has 2 aromatic rings. The minimum Gasteiger partial charge on any atom is -0.468 e. The molecule has 3 heterocycles. The molecule has 0 radical (unpaired) electrons. The number of furan rings is 1. The molecule has 2 aromatic heterocycles. The van der Waals surface area contributed by atoms with Gasteiger partial charge in [-0.1, -0.05) is 6.07 Å². The van der Waals surface area contributed by atoms with E-state index in [-0.39, 0.29) is 29.9 Å². The number of rotatable bonds is 6. The summed E-state index contributed by atoms with van der Waals surface area (Å²) in [7, 11) is 0. The quantitative estimate of drug-likeness (QED) is 0.818. The fourth-order valence-electron chi connectivity index (χ4n) is 4.14. The normalized spacial score (nSPS) is 24.9. The van der Waals surface area contributed by atoms with Crippen molar-refractivity contribution in [2.75, 3.05) is 13.1 Å². The zero-order valence-electron chi connectivity index (χ0n) is 15.5. The number of likely N-dealkylation sites (tertiary alicyclic amines) is 1. The van der Waals surface area contributed by atoms with Gasteiger partial charge in [0, 0.05) is 12.1 Å². The van der Waals surface area contributed by atoms with E-state index in [2.05, 4.69) is 15.2 Å². The average Bonchev–Trinajstić information content (AvgIpc) is 3.18. The van der Waals surface area contributed by atoms with E-state index in [1.807, 2.05) is 30.3 Å². The highest BCUT2D eigenvalue weighted by atomic mass is 16.3. The van der Waals surface area contributed by atoms with Gasteiger partial charge in [-0.2, -0.15) is 0 Å². The van der Waals surface area contributed by atoms with Gasteiger partial charge in [-0.25, -0.2) is 0 Å². The second-order valence-electron chi connectivity index (χ2n) is 7.76. The summed E-state index contributed by atoms with van der Waals surface area (Å²) < 4.78 is 5.42. The predicted octanol–water partition coefficient (Wildman–Crippen LogP) is 2.52. The van der Waals surface area contributed by atoms with Gasteiger partial charge in [0.1, 0.15) is 5.76 Å². The predicted molar refractivity (Wildman–Crippen MR) is 101 cm³/mol. The van der Waals surface area contributed by atoms with Crippen LogP contribution >= 0.6 is 0 Å². The van der Waals surface area contributed by atoms with E-state index in [9.17, 15) is 9.90 Å². The summed E-state index contributed by atoms with van der Waals surface area (Å²) in [6, 6.07) is 9.58. The molecule has 0 spiro atoms. The Labute approximate surface area is 159 Å². The summed E-state index contributed by atoms with van der Waals surface area (Å²) in [6.45, 7) is 2.60. The molecule has 1 aliphatic heterocycles. The smallest absolute Gasteiger partial charge is 0.223 e. The molecule has 144 valence electrons.